The van der Waals surface area contributed by atoms with E-state index in [0.29, 0.717) is 24.1 Å². The van der Waals surface area contributed by atoms with Crippen LogP contribution in [0, 0.1) is 0 Å². The largest absolute Gasteiger partial charge is 0.451 e. The van der Waals surface area contributed by atoms with Crippen LogP contribution in [0.3, 0.4) is 0 Å². The van der Waals surface area contributed by atoms with Gasteiger partial charge in [0, 0.05) is 42.0 Å². The molecule has 6 heteroatoms. The molecule has 0 bridgehead atoms. The van der Waals surface area contributed by atoms with Crippen LogP contribution in [0.4, 0.5) is 0 Å². The van der Waals surface area contributed by atoms with Crippen molar-refractivity contribution >= 4 is 34.5 Å². The maximum Gasteiger partial charge on any atom is 0.287 e. The molecule has 140 valence electrons. The molecule has 1 saturated carbocycles. The number of rotatable bonds is 7. The van der Waals surface area contributed by atoms with Crippen LogP contribution in [0.15, 0.2) is 28.7 Å². The second-order valence-corrected chi connectivity index (χ2v) is 8.00. The molecule has 1 aliphatic carbocycles. The molecule has 2 N–H and O–H groups in total. The van der Waals surface area contributed by atoms with Gasteiger partial charge in [0.25, 0.3) is 5.91 Å². The Morgan fingerprint density at radius 1 is 1.12 bits per heavy atom. The van der Waals surface area contributed by atoms with Gasteiger partial charge in [-0.15, -0.1) is 0 Å². The Labute approximate surface area is 158 Å². The minimum atomic E-state index is -0.217. The number of nitrogens with one attached hydrogen (secondary N) is 2. The Morgan fingerprint density at radius 2 is 1.85 bits per heavy atom. The van der Waals surface area contributed by atoms with Crippen molar-refractivity contribution in [2.24, 2.45) is 0 Å². The highest BCUT2D eigenvalue weighted by Crippen LogP contribution is 2.34. The van der Waals surface area contributed by atoms with E-state index in [9.17, 15) is 9.59 Å². The third-order valence-corrected chi connectivity index (χ3v) is 6.10. The number of carbonyl (C=O) groups excluding carboxylic acids is 2. The van der Waals surface area contributed by atoms with Gasteiger partial charge < -0.3 is 15.1 Å². The quantitative estimate of drug-likeness (QED) is 0.722. The Bertz CT molecular complexity index is 766. The standard InChI is InChI=1S/C20H26N2O3S/c1-14(23)21-11-12-22-20(24)19-17(13-26-15-7-3-2-4-8-15)16-9-5-6-10-18(16)25-19/h5-6,9-10,15H,2-4,7-8,11-13H2,1H3,(H,21,23)(H,22,24). The van der Waals surface area contributed by atoms with Crippen molar-refractivity contribution in [3.8, 4) is 0 Å². The number of furan rings is 1. The molecular formula is C20H26N2O3S. The molecule has 1 aliphatic rings. The van der Waals surface area contributed by atoms with Gasteiger partial charge in [0.1, 0.15) is 5.58 Å². The zero-order chi connectivity index (χ0) is 18.4. The van der Waals surface area contributed by atoms with E-state index in [1.165, 1.54) is 39.0 Å². The highest BCUT2D eigenvalue weighted by atomic mass is 32.2. The zero-order valence-electron chi connectivity index (χ0n) is 15.2. The van der Waals surface area contributed by atoms with Gasteiger partial charge in [-0.2, -0.15) is 11.8 Å². The van der Waals surface area contributed by atoms with Crippen LogP contribution in [0.25, 0.3) is 11.0 Å². The molecular weight excluding hydrogens is 348 g/mol. The molecule has 5 nitrogen and oxygen atoms in total. The molecule has 1 heterocycles. The molecule has 0 radical (unpaired) electrons. The van der Waals surface area contributed by atoms with Crippen LogP contribution in [0.5, 0.6) is 0 Å². The number of thioether (sulfide) groups is 1. The summed E-state index contributed by atoms with van der Waals surface area (Å²) in [5.41, 5.74) is 1.73. The minimum absolute atomic E-state index is 0.104. The number of benzene rings is 1. The van der Waals surface area contributed by atoms with Crippen LogP contribution >= 0.6 is 11.8 Å². The topological polar surface area (TPSA) is 71.3 Å². The molecule has 2 amide bonds. The minimum Gasteiger partial charge on any atom is -0.451 e. The first-order valence-corrected chi connectivity index (χ1v) is 10.3. The summed E-state index contributed by atoms with van der Waals surface area (Å²) in [5, 5.41) is 7.20. The number of hydrogen-bond acceptors (Lipinski definition) is 4. The average molecular weight is 375 g/mol. The predicted octanol–water partition coefficient (Wildman–Crippen LogP) is 3.86. The van der Waals surface area contributed by atoms with Gasteiger partial charge in [0.2, 0.25) is 5.91 Å². The van der Waals surface area contributed by atoms with Crippen molar-refractivity contribution in [3.05, 3.63) is 35.6 Å². The van der Waals surface area contributed by atoms with E-state index < -0.39 is 0 Å². The maximum absolute atomic E-state index is 12.6. The smallest absolute Gasteiger partial charge is 0.287 e. The summed E-state index contributed by atoms with van der Waals surface area (Å²) in [6.07, 6.45) is 6.48. The van der Waals surface area contributed by atoms with E-state index in [-0.39, 0.29) is 11.8 Å². The lowest BCUT2D eigenvalue weighted by molar-refractivity contribution is -0.118. The summed E-state index contributed by atoms with van der Waals surface area (Å²) < 4.78 is 5.87. The summed E-state index contributed by atoms with van der Waals surface area (Å²) in [6.45, 7) is 2.25. The number of carbonyl (C=O) groups is 2. The van der Waals surface area contributed by atoms with E-state index in [4.69, 9.17) is 4.42 Å². The second-order valence-electron chi connectivity index (χ2n) is 6.72. The van der Waals surface area contributed by atoms with E-state index in [1.807, 2.05) is 36.0 Å². The normalized spacial score (nSPS) is 15.1. The van der Waals surface area contributed by atoms with Gasteiger partial charge in [-0.1, -0.05) is 37.5 Å². The fourth-order valence-electron chi connectivity index (χ4n) is 3.35. The van der Waals surface area contributed by atoms with Gasteiger partial charge in [-0.3, -0.25) is 9.59 Å². The SMILES string of the molecule is CC(=O)NCCNC(=O)c1oc2ccccc2c1CSC1CCCCC1. The Morgan fingerprint density at radius 3 is 2.62 bits per heavy atom. The van der Waals surface area contributed by atoms with Crippen molar-refractivity contribution in [1.82, 2.24) is 10.6 Å². The van der Waals surface area contributed by atoms with Gasteiger partial charge in [-0.25, -0.2) is 0 Å². The molecule has 26 heavy (non-hydrogen) atoms. The van der Waals surface area contributed by atoms with Crippen LogP contribution < -0.4 is 10.6 Å². The van der Waals surface area contributed by atoms with Crippen molar-refractivity contribution in [2.45, 2.75) is 50.0 Å². The zero-order valence-corrected chi connectivity index (χ0v) is 16.0. The molecule has 2 aromatic rings. The summed E-state index contributed by atoms with van der Waals surface area (Å²) in [6, 6.07) is 7.81. The number of para-hydroxylation sites is 1. The summed E-state index contributed by atoms with van der Waals surface area (Å²) in [4.78, 5) is 23.5. The monoisotopic (exact) mass is 374 g/mol. The molecule has 0 unspecified atom stereocenters. The molecule has 3 rings (SSSR count). The van der Waals surface area contributed by atoms with E-state index in [2.05, 4.69) is 10.6 Å². The van der Waals surface area contributed by atoms with Crippen molar-refractivity contribution in [1.29, 1.82) is 0 Å². The molecule has 1 aromatic heterocycles. The van der Waals surface area contributed by atoms with Crippen LogP contribution in [-0.4, -0.2) is 30.2 Å². The summed E-state index contributed by atoms with van der Waals surface area (Å²) in [7, 11) is 0. The van der Waals surface area contributed by atoms with E-state index in [0.717, 1.165) is 22.3 Å². The van der Waals surface area contributed by atoms with Crippen molar-refractivity contribution in [3.63, 3.8) is 0 Å². The first kappa shape index (κ1) is 18.8. The average Bonchev–Trinajstić information content (AvgIpc) is 3.03. The first-order chi connectivity index (χ1) is 12.6. The van der Waals surface area contributed by atoms with Gasteiger partial charge >= 0.3 is 0 Å². The highest BCUT2D eigenvalue weighted by Gasteiger charge is 2.22. The molecule has 0 atom stereocenters. The third-order valence-electron chi connectivity index (χ3n) is 4.70. The van der Waals surface area contributed by atoms with Gasteiger partial charge in [0.15, 0.2) is 5.76 Å². The fourth-order valence-corrected chi connectivity index (χ4v) is 4.71. The van der Waals surface area contributed by atoms with Crippen molar-refractivity contribution < 1.29 is 14.0 Å². The third kappa shape index (κ3) is 4.81. The Kier molecular flexibility index (Phi) is 6.61. The second kappa shape index (κ2) is 9.12. The molecule has 0 aliphatic heterocycles. The van der Waals surface area contributed by atoms with Crippen LogP contribution in [-0.2, 0) is 10.5 Å². The summed E-state index contributed by atoms with van der Waals surface area (Å²) >= 11 is 1.94. The van der Waals surface area contributed by atoms with Crippen LogP contribution in [0.2, 0.25) is 0 Å². The maximum atomic E-state index is 12.6. The van der Waals surface area contributed by atoms with E-state index in [1.54, 1.807) is 0 Å². The lowest BCUT2D eigenvalue weighted by Gasteiger charge is -2.20. The highest BCUT2D eigenvalue weighted by molar-refractivity contribution is 7.99. The summed E-state index contributed by atoms with van der Waals surface area (Å²) in [5.74, 6) is 0.867. The van der Waals surface area contributed by atoms with Gasteiger partial charge in [-0.05, 0) is 18.9 Å². The number of fused-ring (bicyclic) bond motifs is 1. The van der Waals surface area contributed by atoms with Gasteiger partial charge in [0.05, 0.1) is 0 Å². The first-order valence-electron chi connectivity index (χ1n) is 9.30. The van der Waals surface area contributed by atoms with E-state index >= 15 is 0 Å². The number of hydrogen-bond donors (Lipinski definition) is 2. The lowest BCUT2D eigenvalue weighted by atomic mass is 10.0. The fraction of sp³-hybridized carbons (Fsp3) is 0.500. The predicted molar refractivity (Wildman–Crippen MR) is 105 cm³/mol. The van der Waals surface area contributed by atoms with Crippen LogP contribution in [0.1, 0.15) is 55.1 Å². The van der Waals surface area contributed by atoms with Crippen molar-refractivity contribution in [2.75, 3.05) is 13.1 Å². The molecule has 0 saturated heterocycles. The Hall–Kier alpha value is -1.95. The molecule has 1 fully saturated rings. The number of amides is 2. The molecule has 0 spiro atoms. The Balaban J connectivity index is 1.71. The molecule has 1 aromatic carbocycles. The lowest BCUT2D eigenvalue weighted by Crippen LogP contribution is -2.33.